The van der Waals surface area contributed by atoms with E-state index in [0.717, 1.165) is 18.8 Å². The van der Waals surface area contributed by atoms with Gasteiger partial charge in [0.05, 0.1) is 22.0 Å². The number of aromatic nitrogens is 2. The fourth-order valence-electron chi connectivity index (χ4n) is 4.25. The molecule has 0 radical (unpaired) electrons. The number of piperazine rings is 1. The van der Waals surface area contributed by atoms with Crippen molar-refractivity contribution in [3.05, 3.63) is 90.6 Å². The summed E-state index contributed by atoms with van der Waals surface area (Å²) in [5, 5.41) is 8.57. The van der Waals surface area contributed by atoms with Gasteiger partial charge in [0.25, 0.3) is 0 Å². The van der Waals surface area contributed by atoms with Crippen molar-refractivity contribution in [2.75, 3.05) is 36.0 Å². The van der Waals surface area contributed by atoms with Gasteiger partial charge in [-0.25, -0.2) is 18.4 Å². The molecule has 0 amide bonds. The molecule has 0 bridgehead atoms. The van der Waals surface area contributed by atoms with Crippen LogP contribution in [0.25, 0.3) is 11.0 Å². The Bertz CT molecular complexity index is 1450. The van der Waals surface area contributed by atoms with Gasteiger partial charge in [-0.05, 0) is 36.4 Å². The van der Waals surface area contributed by atoms with Gasteiger partial charge < -0.3 is 9.80 Å². The first-order valence-electron chi connectivity index (χ1n) is 11.1. The van der Waals surface area contributed by atoms with Gasteiger partial charge in [-0.3, -0.25) is 0 Å². The SMILES string of the molecule is N#CC(c1nc2ccccc2nc1N1CCN(c2ccccc2)CC1)S(=O)(=O)c1ccccc1. The van der Waals surface area contributed by atoms with E-state index in [1.165, 1.54) is 12.1 Å². The molecular formula is C26H23N5O2S. The number of benzene rings is 3. The Hall–Kier alpha value is -3.96. The van der Waals surface area contributed by atoms with Gasteiger partial charge in [-0.2, -0.15) is 5.26 Å². The summed E-state index contributed by atoms with van der Waals surface area (Å²) in [7, 11) is -3.99. The van der Waals surface area contributed by atoms with Crippen LogP contribution in [0.2, 0.25) is 0 Å². The van der Waals surface area contributed by atoms with Gasteiger partial charge in [-0.15, -0.1) is 0 Å². The van der Waals surface area contributed by atoms with Crippen molar-refractivity contribution >= 4 is 32.4 Å². The lowest BCUT2D eigenvalue weighted by Gasteiger charge is -2.37. The molecule has 8 heteroatoms. The summed E-state index contributed by atoms with van der Waals surface area (Å²) in [6.45, 7) is 2.78. The van der Waals surface area contributed by atoms with E-state index in [0.29, 0.717) is 29.9 Å². The van der Waals surface area contributed by atoms with Gasteiger partial charge in [0.1, 0.15) is 5.69 Å². The topological polar surface area (TPSA) is 90.2 Å². The molecule has 1 unspecified atom stereocenters. The Kier molecular flexibility index (Phi) is 5.86. The Morgan fingerprint density at radius 3 is 1.88 bits per heavy atom. The maximum absolute atomic E-state index is 13.5. The van der Waals surface area contributed by atoms with Crippen molar-refractivity contribution < 1.29 is 8.42 Å². The summed E-state index contributed by atoms with van der Waals surface area (Å²) in [6, 6.07) is 27.6. The van der Waals surface area contributed by atoms with E-state index >= 15 is 0 Å². The number of fused-ring (bicyclic) bond motifs is 1. The van der Waals surface area contributed by atoms with Crippen LogP contribution in [-0.4, -0.2) is 44.6 Å². The molecule has 0 aliphatic carbocycles. The highest BCUT2D eigenvalue weighted by Crippen LogP contribution is 2.34. The molecule has 1 aliphatic rings. The van der Waals surface area contributed by atoms with Crippen LogP contribution in [0.4, 0.5) is 11.5 Å². The second-order valence-electron chi connectivity index (χ2n) is 8.10. The summed E-state index contributed by atoms with van der Waals surface area (Å²) < 4.78 is 26.9. The predicted molar refractivity (Wildman–Crippen MR) is 132 cm³/mol. The molecule has 1 fully saturated rings. The second kappa shape index (κ2) is 9.12. The smallest absolute Gasteiger partial charge is 0.200 e. The molecule has 1 atom stereocenters. The number of hydrogen-bond acceptors (Lipinski definition) is 7. The van der Waals surface area contributed by atoms with Crippen molar-refractivity contribution in [3.63, 3.8) is 0 Å². The first kappa shape index (κ1) is 21.9. The van der Waals surface area contributed by atoms with Crippen LogP contribution in [0.15, 0.2) is 89.8 Å². The summed E-state index contributed by atoms with van der Waals surface area (Å²) >= 11 is 0. The minimum atomic E-state index is -3.99. The third-order valence-corrected chi connectivity index (χ3v) is 7.90. The molecule has 3 aromatic carbocycles. The van der Waals surface area contributed by atoms with Crippen molar-refractivity contribution in [3.8, 4) is 6.07 Å². The third kappa shape index (κ3) is 4.06. The van der Waals surface area contributed by atoms with Gasteiger partial charge in [-0.1, -0.05) is 48.5 Å². The molecule has 1 aromatic heterocycles. The van der Waals surface area contributed by atoms with E-state index in [1.807, 2.05) is 47.4 Å². The normalized spacial score (nSPS) is 15.1. The standard InChI is InChI=1S/C26H23N5O2S/c27-19-24(34(32,33)21-11-5-2-6-12-21)25-26(29-23-14-8-7-13-22(23)28-25)31-17-15-30(16-18-31)20-9-3-1-4-10-20/h1-14,24H,15-18H2. The number of sulfone groups is 1. The Labute approximate surface area is 198 Å². The molecule has 0 N–H and O–H groups in total. The van der Waals surface area contributed by atoms with Crippen LogP contribution < -0.4 is 9.80 Å². The molecule has 170 valence electrons. The van der Waals surface area contributed by atoms with E-state index in [9.17, 15) is 13.7 Å². The van der Waals surface area contributed by atoms with Crippen LogP contribution in [0, 0.1) is 11.3 Å². The summed E-state index contributed by atoms with van der Waals surface area (Å²) in [6.07, 6.45) is 0. The fourth-order valence-corrected chi connectivity index (χ4v) is 5.65. The zero-order chi connectivity index (χ0) is 23.5. The highest BCUT2D eigenvalue weighted by Gasteiger charge is 2.35. The third-order valence-electron chi connectivity index (χ3n) is 6.03. The molecule has 2 heterocycles. The number of para-hydroxylation sites is 3. The van der Waals surface area contributed by atoms with E-state index in [4.69, 9.17) is 4.98 Å². The number of nitrogens with zero attached hydrogens (tertiary/aromatic N) is 5. The average molecular weight is 470 g/mol. The van der Waals surface area contributed by atoms with Crippen LogP contribution in [0.1, 0.15) is 10.9 Å². The summed E-state index contributed by atoms with van der Waals surface area (Å²) in [5.74, 6) is 0.456. The highest BCUT2D eigenvalue weighted by atomic mass is 32.2. The van der Waals surface area contributed by atoms with Gasteiger partial charge in [0.15, 0.2) is 11.1 Å². The van der Waals surface area contributed by atoms with E-state index < -0.39 is 15.1 Å². The molecule has 0 spiro atoms. The average Bonchev–Trinajstić information content (AvgIpc) is 2.90. The Morgan fingerprint density at radius 2 is 1.26 bits per heavy atom. The zero-order valence-corrected chi connectivity index (χ0v) is 19.3. The number of anilines is 2. The van der Waals surface area contributed by atoms with Crippen LogP contribution in [-0.2, 0) is 9.84 Å². The molecule has 4 aromatic rings. The molecule has 7 nitrogen and oxygen atoms in total. The monoisotopic (exact) mass is 469 g/mol. The predicted octanol–water partition coefficient (Wildman–Crippen LogP) is 3.99. The maximum atomic E-state index is 13.5. The lowest BCUT2D eigenvalue weighted by Crippen LogP contribution is -2.47. The highest BCUT2D eigenvalue weighted by molar-refractivity contribution is 7.92. The minimum absolute atomic E-state index is 0.0938. The first-order valence-corrected chi connectivity index (χ1v) is 12.6. The second-order valence-corrected chi connectivity index (χ2v) is 10.1. The van der Waals surface area contributed by atoms with Gasteiger partial charge in [0, 0.05) is 31.9 Å². The molecule has 0 saturated carbocycles. The van der Waals surface area contributed by atoms with E-state index in [1.54, 1.807) is 24.3 Å². The molecule has 34 heavy (non-hydrogen) atoms. The van der Waals surface area contributed by atoms with Crippen LogP contribution >= 0.6 is 0 Å². The quantitative estimate of drug-likeness (QED) is 0.436. The lowest BCUT2D eigenvalue weighted by molar-refractivity contribution is 0.589. The minimum Gasteiger partial charge on any atom is -0.368 e. The van der Waals surface area contributed by atoms with Crippen molar-refractivity contribution in [1.29, 1.82) is 5.26 Å². The van der Waals surface area contributed by atoms with E-state index in [-0.39, 0.29) is 10.6 Å². The Balaban J connectivity index is 1.55. The fraction of sp³-hybridized carbons (Fsp3) is 0.192. The van der Waals surface area contributed by atoms with E-state index in [2.05, 4.69) is 22.0 Å². The van der Waals surface area contributed by atoms with Gasteiger partial charge >= 0.3 is 0 Å². The Morgan fingerprint density at radius 1 is 0.735 bits per heavy atom. The lowest BCUT2D eigenvalue weighted by atomic mass is 10.2. The number of hydrogen-bond donors (Lipinski definition) is 0. The first-order chi connectivity index (χ1) is 16.6. The van der Waals surface area contributed by atoms with Crippen LogP contribution in [0.3, 0.4) is 0 Å². The largest absolute Gasteiger partial charge is 0.368 e. The van der Waals surface area contributed by atoms with Crippen LogP contribution in [0.5, 0.6) is 0 Å². The van der Waals surface area contributed by atoms with Crippen molar-refractivity contribution in [1.82, 2.24) is 9.97 Å². The summed E-state index contributed by atoms with van der Waals surface area (Å²) in [5.41, 5.74) is 2.56. The molecule has 1 aliphatic heterocycles. The maximum Gasteiger partial charge on any atom is 0.200 e. The number of rotatable bonds is 5. The molecule has 1 saturated heterocycles. The van der Waals surface area contributed by atoms with Gasteiger partial charge in [0.2, 0.25) is 9.84 Å². The van der Waals surface area contributed by atoms with Crippen molar-refractivity contribution in [2.45, 2.75) is 10.1 Å². The number of nitriles is 1. The van der Waals surface area contributed by atoms with Crippen molar-refractivity contribution in [2.24, 2.45) is 0 Å². The summed E-state index contributed by atoms with van der Waals surface area (Å²) in [4.78, 5) is 13.9. The molecular weight excluding hydrogens is 446 g/mol. The zero-order valence-electron chi connectivity index (χ0n) is 18.4. The molecule has 5 rings (SSSR count).